The molecule has 4 aromatic rings. The fourth-order valence-corrected chi connectivity index (χ4v) is 5.00. The van der Waals surface area contributed by atoms with E-state index in [0.29, 0.717) is 42.2 Å². The van der Waals surface area contributed by atoms with E-state index in [4.69, 9.17) is 0 Å². The molecule has 0 saturated carbocycles. The zero-order valence-electron chi connectivity index (χ0n) is 20.5. The highest BCUT2D eigenvalue weighted by Crippen LogP contribution is 2.25. The third kappa shape index (κ3) is 4.87. The minimum atomic E-state index is -0.138. The Bertz CT molecular complexity index is 1460. The molecule has 2 amide bonds. The number of amides is 2. The van der Waals surface area contributed by atoms with Gasteiger partial charge in [-0.2, -0.15) is 9.67 Å². The van der Waals surface area contributed by atoms with Crippen molar-refractivity contribution in [2.24, 2.45) is 0 Å². The number of hydrogen-bond donors (Lipinski definition) is 2. The Morgan fingerprint density at radius 3 is 2.70 bits per heavy atom. The summed E-state index contributed by atoms with van der Waals surface area (Å²) in [5.41, 5.74) is 6.28. The van der Waals surface area contributed by atoms with Crippen LogP contribution in [0.5, 0.6) is 0 Å². The van der Waals surface area contributed by atoms with Crippen molar-refractivity contribution in [1.82, 2.24) is 35.2 Å². The Morgan fingerprint density at radius 2 is 1.86 bits per heavy atom. The van der Waals surface area contributed by atoms with Gasteiger partial charge in [-0.05, 0) is 79.6 Å². The summed E-state index contributed by atoms with van der Waals surface area (Å²) in [4.78, 5) is 35.0. The summed E-state index contributed by atoms with van der Waals surface area (Å²) in [5.74, 6) is 0.494. The van der Waals surface area contributed by atoms with Crippen molar-refractivity contribution >= 4 is 34.6 Å². The van der Waals surface area contributed by atoms with Crippen molar-refractivity contribution < 1.29 is 9.59 Å². The molecule has 1 fully saturated rings. The second-order valence-electron chi connectivity index (χ2n) is 9.51. The number of benzene rings is 2. The highest BCUT2D eigenvalue weighted by Gasteiger charge is 2.19. The summed E-state index contributed by atoms with van der Waals surface area (Å²) < 4.78 is 1.74. The molecule has 2 aromatic heterocycles. The molecule has 6 rings (SSSR count). The predicted molar refractivity (Wildman–Crippen MR) is 139 cm³/mol. The third-order valence-electron chi connectivity index (χ3n) is 6.98. The van der Waals surface area contributed by atoms with E-state index in [9.17, 15) is 9.59 Å². The van der Waals surface area contributed by atoms with Gasteiger partial charge in [0.15, 0.2) is 11.2 Å². The van der Waals surface area contributed by atoms with E-state index in [1.165, 1.54) is 17.5 Å². The van der Waals surface area contributed by atoms with Crippen molar-refractivity contribution in [2.75, 3.05) is 25.0 Å². The number of hydrogen-bond acceptors (Lipinski definition) is 7. The summed E-state index contributed by atoms with van der Waals surface area (Å²) in [6.45, 7) is 2.04. The monoisotopic (exact) mass is 496 g/mol. The molecule has 0 spiro atoms. The maximum atomic E-state index is 12.5. The number of carbonyl (C=O) groups is 2. The normalized spacial score (nSPS) is 14.8. The minimum absolute atomic E-state index is 0.138. The maximum Gasteiger partial charge on any atom is 0.251 e. The summed E-state index contributed by atoms with van der Waals surface area (Å²) >= 11 is 0. The molecular weight excluding hydrogens is 468 g/mol. The second-order valence-corrected chi connectivity index (χ2v) is 9.51. The maximum absolute atomic E-state index is 12.5. The quantitative estimate of drug-likeness (QED) is 0.360. The number of aryl methyl sites for hydroxylation is 2. The van der Waals surface area contributed by atoms with Crippen molar-refractivity contribution in [3.8, 4) is 5.69 Å². The van der Waals surface area contributed by atoms with Crippen LogP contribution in [0.2, 0.25) is 0 Å². The SMILES string of the molecule is O=C(NCCCN1CCCC1=O)c1ccc(Nc2ncc3nnn(-c4ccc5c(c4)CCC5)c3n2)cc1. The number of carbonyl (C=O) groups excluding carboxylic acids is 2. The largest absolute Gasteiger partial charge is 0.352 e. The minimum Gasteiger partial charge on any atom is -0.352 e. The van der Waals surface area contributed by atoms with Gasteiger partial charge in [-0.25, -0.2) is 4.98 Å². The fourth-order valence-electron chi connectivity index (χ4n) is 5.00. The van der Waals surface area contributed by atoms with E-state index in [2.05, 4.69) is 49.1 Å². The lowest BCUT2D eigenvalue weighted by atomic mass is 10.1. The zero-order chi connectivity index (χ0) is 25.2. The number of aromatic nitrogens is 5. The van der Waals surface area contributed by atoms with E-state index in [1.807, 2.05) is 17.0 Å². The number of nitrogens with zero attached hydrogens (tertiary/aromatic N) is 6. The van der Waals surface area contributed by atoms with Crippen molar-refractivity contribution in [2.45, 2.75) is 38.5 Å². The summed E-state index contributed by atoms with van der Waals surface area (Å²) in [6, 6.07) is 13.6. The first kappa shape index (κ1) is 23.1. The van der Waals surface area contributed by atoms with Crippen LogP contribution in [-0.4, -0.2) is 61.3 Å². The van der Waals surface area contributed by atoms with Crippen LogP contribution in [0.25, 0.3) is 16.9 Å². The van der Waals surface area contributed by atoms with Crippen LogP contribution >= 0.6 is 0 Å². The van der Waals surface area contributed by atoms with Gasteiger partial charge in [0.25, 0.3) is 5.91 Å². The smallest absolute Gasteiger partial charge is 0.251 e. The molecule has 0 radical (unpaired) electrons. The molecule has 1 saturated heterocycles. The molecule has 0 bridgehead atoms. The van der Waals surface area contributed by atoms with Crippen LogP contribution in [0, 0.1) is 0 Å². The van der Waals surface area contributed by atoms with Crippen molar-refractivity contribution in [3.05, 3.63) is 65.4 Å². The van der Waals surface area contributed by atoms with E-state index in [-0.39, 0.29) is 11.8 Å². The van der Waals surface area contributed by atoms with E-state index in [1.54, 1.807) is 23.0 Å². The van der Waals surface area contributed by atoms with Crippen molar-refractivity contribution in [3.63, 3.8) is 0 Å². The number of likely N-dealkylation sites (tertiary alicyclic amines) is 1. The van der Waals surface area contributed by atoms with Crippen LogP contribution < -0.4 is 10.6 Å². The standard InChI is InChI=1S/C27H28N8O2/c36-24-6-2-14-34(24)15-3-13-28-26(37)19-7-10-21(11-8-19)30-27-29-17-23-25(31-27)35(33-32-23)22-12-9-18-4-1-5-20(18)16-22/h7-12,16-17H,1-6,13-15H2,(H,28,37)(H,29,30,31). The van der Waals surface area contributed by atoms with E-state index in [0.717, 1.165) is 43.6 Å². The molecule has 10 heteroatoms. The average Bonchev–Trinajstić information content (AvgIpc) is 3.66. The van der Waals surface area contributed by atoms with Gasteiger partial charge in [0.1, 0.15) is 0 Å². The Hall–Kier alpha value is -4.34. The Labute approximate surface area is 214 Å². The molecule has 188 valence electrons. The molecular formula is C27H28N8O2. The van der Waals surface area contributed by atoms with Gasteiger partial charge in [0.2, 0.25) is 11.9 Å². The molecule has 0 atom stereocenters. The Kier molecular flexibility index (Phi) is 6.21. The van der Waals surface area contributed by atoms with Gasteiger partial charge >= 0.3 is 0 Å². The molecule has 37 heavy (non-hydrogen) atoms. The highest BCUT2D eigenvalue weighted by molar-refractivity contribution is 5.94. The van der Waals surface area contributed by atoms with Gasteiger partial charge in [0, 0.05) is 37.3 Å². The molecule has 0 unspecified atom stereocenters. The Morgan fingerprint density at radius 1 is 1.00 bits per heavy atom. The summed E-state index contributed by atoms with van der Waals surface area (Å²) in [7, 11) is 0. The lowest BCUT2D eigenvalue weighted by molar-refractivity contribution is -0.127. The number of nitrogens with one attached hydrogen (secondary N) is 2. The first-order valence-electron chi connectivity index (χ1n) is 12.8. The number of anilines is 2. The van der Waals surface area contributed by atoms with Crippen LogP contribution in [0.15, 0.2) is 48.7 Å². The number of rotatable bonds is 8. The topological polar surface area (TPSA) is 118 Å². The molecule has 3 heterocycles. The van der Waals surface area contributed by atoms with Gasteiger partial charge in [-0.15, -0.1) is 5.10 Å². The predicted octanol–water partition coefficient (Wildman–Crippen LogP) is 3.19. The third-order valence-corrected chi connectivity index (χ3v) is 6.98. The second kappa shape index (κ2) is 9.96. The van der Waals surface area contributed by atoms with E-state index >= 15 is 0 Å². The first-order chi connectivity index (χ1) is 18.1. The van der Waals surface area contributed by atoms with Crippen molar-refractivity contribution in [1.29, 1.82) is 0 Å². The van der Waals surface area contributed by atoms with Gasteiger partial charge in [-0.3, -0.25) is 9.59 Å². The van der Waals surface area contributed by atoms with Gasteiger partial charge in [0.05, 0.1) is 11.9 Å². The summed E-state index contributed by atoms with van der Waals surface area (Å²) in [6.07, 6.45) is 7.37. The van der Waals surface area contributed by atoms with E-state index < -0.39 is 0 Å². The van der Waals surface area contributed by atoms with Crippen LogP contribution in [0.4, 0.5) is 11.6 Å². The first-order valence-corrected chi connectivity index (χ1v) is 12.8. The molecule has 2 aliphatic rings. The molecule has 1 aliphatic carbocycles. The molecule has 10 nitrogen and oxygen atoms in total. The van der Waals surface area contributed by atoms with Crippen LogP contribution in [0.3, 0.4) is 0 Å². The van der Waals surface area contributed by atoms with Crippen LogP contribution in [0.1, 0.15) is 47.2 Å². The molecule has 1 aliphatic heterocycles. The van der Waals surface area contributed by atoms with Crippen LogP contribution in [-0.2, 0) is 17.6 Å². The zero-order valence-corrected chi connectivity index (χ0v) is 20.5. The Balaban J connectivity index is 1.09. The molecule has 2 aromatic carbocycles. The lowest BCUT2D eigenvalue weighted by Gasteiger charge is -2.15. The molecule has 2 N–H and O–H groups in total. The van der Waals surface area contributed by atoms with Gasteiger partial charge in [-0.1, -0.05) is 11.3 Å². The summed E-state index contributed by atoms with van der Waals surface area (Å²) in [5, 5.41) is 14.6. The fraction of sp³-hybridized carbons (Fsp3) is 0.333. The highest BCUT2D eigenvalue weighted by atomic mass is 16.2. The number of fused-ring (bicyclic) bond motifs is 2. The lowest BCUT2D eigenvalue weighted by Crippen LogP contribution is -2.30. The van der Waals surface area contributed by atoms with Gasteiger partial charge < -0.3 is 15.5 Å². The average molecular weight is 497 g/mol.